The molecule has 5 rings (SSSR count). The van der Waals surface area contributed by atoms with Crippen LogP contribution in [0.15, 0.2) is 47.3 Å². The third-order valence-corrected chi connectivity index (χ3v) is 5.84. The van der Waals surface area contributed by atoms with E-state index in [9.17, 15) is 9.59 Å². The second-order valence-electron chi connectivity index (χ2n) is 7.45. The topological polar surface area (TPSA) is 115 Å². The quantitative estimate of drug-likeness (QED) is 0.410. The molecular weight excluding hydrogens is 514 g/mol. The lowest BCUT2D eigenvalue weighted by Gasteiger charge is -2.27. The van der Waals surface area contributed by atoms with Crippen molar-refractivity contribution in [2.24, 2.45) is 0 Å². The Balaban J connectivity index is 1.56. The number of nitrogens with zero attached hydrogens (tertiary/aromatic N) is 5. The first-order chi connectivity index (χ1) is 15.9. The zero-order valence-corrected chi connectivity index (χ0v) is 19.6. The fraction of sp³-hybridized carbons (Fsp3) is 0.190. The van der Waals surface area contributed by atoms with Crippen molar-refractivity contribution in [3.05, 3.63) is 69.3 Å². The van der Waals surface area contributed by atoms with E-state index in [4.69, 9.17) is 16.3 Å². The van der Waals surface area contributed by atoms with E-state index in [1.54, 1.807) is 36.7 Å². The Labute approximate surface area is 201 Å². The first-order valence-corrected chi connectivity index (χ1v) is 11.1. The molecule has 2 N–H and O–H groups in total. The predicted octanol–water partition coefficient (Wildman–Crippen LogP) is 3.02. The summed E-state index contributed by atoms with van der Waals surface area (Å²) in [6.45, 7) is 2.70. The molecular formula is C21H17BrClN7O3. The SMILES string of the molecule is Cc1cc2ccnn2c(C(=O)NC2COC2)c1NC(=O)c1cc(Br)nn1-c1ncccc1Cl. The number of pyridine rings is 2. The van der Waals surface area contributed by atoms with E-state index in [1.165, 1.54) is 9.20 Å². The number of anilines is 1. The molecule has 1 aliphatic heterocycles. The number of hydrogen-bond acceptors (Lipinski definition) is 6. The molecule has 0 bridgehead atoms. The molecule has 1 aliphatic rings. The van der Waals surface area contributed by atoms with E-state index in [2.05, 4.69) is 41.7 Å². The van der Waals surface area contributed by atoms with Crippen molar-refractivity contribution in [2.45, 2.75) is 13.0 Å². The van der Waals surface area contributed by atoms with Gasteiger partial charge in [0.05, 0.1) is 41.7 Å². The highest BCUT2D eigenvalue weighted by molar-refractivity contribution is 9.10. The van der Waals surface area contributed by atoms with Crippen molar-refractivity contribution in [1.82, 2.24) is 29.7 Å². The van der Waals surface area contributed by atoms with Gasteiger partial charge in [-0.2, -0.15) is 10.2 Å². The van der Waals surface area contributed by atoms with Crippen molar-refractivity contribution in [3.8, 4) is 5.82 Å². The lowest BCUT2D eigenvalue weighted by molar-refractivity contribution is -0.00357. The minimum absolute atomic E-state index is 0.0872. The van der Waals surface area contributed by atoms with E-state index < -0.39 is 5.91 Å². The van der Waals surface area contributed by atoms with Crippen molar-refractivity contribution in [1.29, 1.82) is 0 Å². The number of halogens is 2. The Morgan fingerprint density at radius 2 is 2.03 bits per heavy atom. The number of carbonyl (C=O) groups excluding carboxylic acids is 2. The number of ether oxygens (including phenoxy) is 1. The highest BCUT2D eigenvalue weighted by atomic mass is 79.9. The van der Waals surface area contributed by atoms with Gasteiger partial charge in [-0.05, 0) is 52.7 Å². The molecule has 33 heavy (non-hydrogen) atoms. The summed E-state index contributed by atoms with van der Waals surface area (Å²) in [5.74, 6) is -0.554. The van der Waals surface area contributed by atoms with Crippen LogP contribution in [0.2, 0.25) is 5.02 Å². The van der Waals surface area contributed by atoms with E-state index >= 15 is 0 Å². The van der Waals surface area contributed by atoms with Gasteiger partial charge in [0.15, 0.2) is 11.5 Å². The van der Waals surface area contributed by atoms with Gasteiger partial charge < -0.3 is 15.4 Å². The molecule has 2 amide bonds. The molecule has 0 spiro atoms. The van der Waals surface area contributed by atoms with Crippen LogP contribution >= 0.6 is 27.5 Å². The Bertz CT molecular complexity index is 1400. The monoisotopic (exact) mass is 529 g/mol. The van der Waals surface area contributed by atoms with Gasteiger partial charge in [-0.15, -0.1) is 0 Å². The number of hydrogen-bond donors (Lipinski definition) is 2. The first-order valence-electron chi connectivity index (χ1n) is 9.96. The molecule has 0 atom stereocenters. The minimum atomic E-state index is -0.495. The van der Waals surface area contributed by atoms with Crippen LogP contribution < -0.4 is 10.6 Å². The molecule has 1 saturated heterocycles. The smallest absolute Gasteiger partial charge is 0.274 e. The Kier molecular flexibility index (Phi) is 5.60. The summed E-state index contributed by atoms with van der Waals surface area (Å²) in [5, 5.41) is 14.7. The van der Waals surface area contributed by atoms with E-state index in [0.717, 1.165) is 5.52 Å². The van der Waals surface area contributed by atoms with Crippen LogP contribution in [0.25, 0.3) is 11.3 Å². The summed E-state index contributed by atoms with van der Waals surface area (Å²) < 4.78 is 8.42. The third kappa shape index (κ3) is 3.99. The maximum atomic E-state index is 13.4. The standard InChI is InChI=1S/C21H17BrClN7O3/c1-11-7-13-4-6-25-29(13)18(21(32)26-12-9-33-10-12)17(11)27-20(31)15-8-16(22)28-30(15)19-14(23)3-2-5-24-19/h2-8,12H,9-10H2,1H3,(H,26,32)(H,27,31). The molecule has 1 fully saturated rings. The zero-order chi connectivity index (χ0) is 23.1. The Morgan fingerprint density at radius 3 is 2.76 bits per heavy atom. The molecule has 0 saturated carbocycles. The normalized spacial score (nSPS) is 13.7. The van der Waals surface area contributed by atoms with Crippen molar-refractivity contribution in [2.75, 3.05) is 18.5 Å². The van der Waals surface area contributed by atoms with Crippen LogP contribution in [-0.2, 0) is 4.74 Å². The average Bonchev–Trinajstić information content (AvgIpc) is 3.37. The second kappa shape index (κ2) is 8.58. The molecule has 0 radical (unpaired) electrons. The highest BCUT2D eigenvalue weighted by Gasteiger charge is 2.27. The fourth-order valence-corrected chi connectivity index (χ4v) is 4.10. The maximum Gasteiger partial charge on any atom is 0.274 e. The lowest BCUT2D eigenvalue weighted by atomic mass is 10.1. The maximum absolute atomic E-state index is 13.4. The molecule has 0 unspecified atom stereocenters. The summed E-state index contributed by atoms with van der Waals surface area (Å²) in [6, 6.07) is 8.43. The number of nitrogens with one attached hydrogen (secondary N) is 2. The lowest BCUT2D eigenvalue weighted by Crippen LogP contribution is -2.49. The van der Waals surface area contributed by atoms with Gasteiger partial charge in [-0.25, -0.2) is 14.2 Å². The fourth-order valence-electron chi connectivity index (χ4n) is 3.52. The molecule has 168 valence electrons. The number of rotatable bonds is 5. The average molecular weight is 531 g/mol. The largest absolute Gasteiger partial charge is 0.377 e. The summed E-state index contributed by atoms with van der Waals surface area (Å²) in [4.78, 5) is 30.8. The van der Waals surface area contributed by atoms with E-state index in [-0.39, 0.29) is 23.3 Å². The Hall–Kier alpha value is -3.28. The molecule has 4 aromatic rings. The van der Waals surface area contributed by atoms with Gasteiger partial charge in [-0.1, -0.05) is 11.6 Å². The van der Waals surface area contributed by atoms with Crippen LogP contribution in [0, 0.1) is 6.92 Å². The number of aromatic nitrogens is 5. The van der Waals surface area contributed by atoms with E-state index in [0.29, 0.717) is 39.9 Å². The number of fused-ring (bicyclic) bond motifs is 1. The van der Waals surface area contributed by atoms with Gasteiger partial charge in [0.2, 0.25) is 0 Å². The summed E-state index contributed by atoms with van der Waals surface area (Å²) in [7, 11) is 0. The summed E-state index contributed by atoms with van der Waals surface area (Å²) in [5.41, 5.74) is 2.17. The van der Waals surface area contributed by atoms with Crippen LogP contribution in [0.1, 0.15) is 26.5 Å². The van der Waals surface area contributed by atoms with Gasteiger partial charge in [-0.3, -0.25) is 9.59 Å². The zero-order valence-electron chi connectivity index (χ0n) is 17.2. The number of amides is 2. The second-order valence-corrected chi connectivity index (χ2v) is 8.67. The molecule has 12 heteroatoms. The predicted molar refractivity (Wildman–Crippen MR) is 124 cm³/mol. The van der Waals surface area contributed by atoms with Crippen LogP contribution in [0.5, 0.6) is 0 Å². The van der Waals surface area contributed by atoms with Crippen molar-refractivity contribution >= 4 is 50.5 Å². The first kappa shape index (κ1) is 21.6. The number of carbonyl (C=O) groups is 2. The molecule has 5 heterocycles. The van der Waals surface area contributed by atoms with E-state index in [1.807, 2.05) is 13.0 Å². The highest BCUT2D eigenvalue weighted by Crippen LogP contribution is 2.26. The van der Waals surface area contributed by atoms with Gasteiger partial charge in [0, 0.05) is 12.3 Å². The number of aryl methyl sites for hydroxylation is 1. The molecule has 10 nitrogen and oxygen atoms in total. The molecule has 0 aromatic carbocycles. The van der Waals surface area contributed by atoms with Crippen LogP contribution in [0.4, 0.5) is 5.69 Å². The van der Waals surface area contributed by atoms with Crippen molar-refractivity contribution in [3.63, 3.8) is 0 Å². The van der Waals surface area contributed by atoms with Crippen LogP contribution in [-0.4, -0.2) is 55.4 Å². The minimum Gasteiger partial charge on any atom is -0.377 e. The molecule has 0 aliphatic carbocycles. The van der Waals surface area contributed by atoms with Gasteiger partial charge in [0.1, 0.15) is 10.3 Å². The third-order valence-electron chi connectivity index (χ3n) is 5.16. The summed E-state index contributed by atoms with van der Waals surface area (Å²) in [6.07, 6.45) is 3.15. The Morgan fingerprint density at radius 1 is 1.21 bits per heavy atom. The van der Waals surface area contributed by atoms with Gasteiger partial charge in [0.25, 0.3) is 11.8 Å². The van der Waals surface area contributed by atoms with Crippen molar-refractivity contribution < 1.29 is 14.3 Å². The van der Waals surface area contributed by atoms with Gasteiger partial charge >= 0.3 is 0 Å². The summed E-state index contributed by atoms with van der Waals surface area (Å²) >= 11 is 9.58. The molecule has 4 aromatic heterocycles. The van der Waals surface area contributed by atoms with Crippen LogP contribution in [0.3, 0.4) is 0 Å².